The molecule has 0 spiro atoms. The zero-order valence-corrected chi connectivity index (χ0v) is 16.3. The summed E-state index contributed by atoms with van der Waals surface area (Å²) in [6.07, 6.45) is -5.40. The van der Waals surface area contributed by atoms with Gasteiger partial charge in [0.2, 0.25) is 0 Å². The highest BCUT2D eigenvalue weighted by Crippen LogP contribution is 2.41. The van der Waals surface area contributed by atoms with Crippen LogP contribution in [0.15, 0.2) is 66.7 Å². The summed E-state index contributed by atoms with van der Waals surface area (Å²) in [5.41, 5.74) is 3.27. The largest absolute Gasteiger partial charge is 0.545 e. The number of hydrogen-bond acceptors (Lipinski definition) is 3. The molecule has 3 rings (SSSR count). The molecule has 0 aliphatic carbocycles. The lowest BCUT2D eigenvalue weighted by molar-refractivity contribution is -0.254. The average molecular weight is 413 g/mol. The number of halogens is 3. The lowest BCUT2D eigenvalue weighted by Gasteiger charge is -2.21. The summed E-state index contributed by atoms with van der Waals surface area (Å²) in [5, 5.41) is 11.8. The van der Waals surface area contributed by atoms with Gasteiger partial charge in [-0.15, -0.1) is 0 Å². The van der Waals surface area contributed by atoms with E-state index in [1.165, 1.54) is 12.1 Å². The van der Waals surface area contributed by atoms with Crippen molar-refractivity contribution in [2.24, 2.45) is 0 Å². The van der Waals surface area contributed by atoms with Crippen LogP contribution in [0.25, 0.3) is 22.3 Å². The van der Waals surface area contributed by atoms with E-state index in [0.717, 1.165) is 5.56 Å². The van der Waals surface area contributed by atoms with Crippen molar-refractivity contribution in [2.45, 2.75) is 25.9 Å². The topological polar surface area (TPSA) is 49.4 Å². The van der Waals surface area contributed by atoms with Crippen LogP contribution in [0.1, 0.15) is 28.8 Å². The smallest absolute Gasteiger partial charge is 0.389 e. The number of alkyl halides is 3. The monoisotopic (exact) mass is 413 g/mol. The first-order chi connectivity index (χ1) is 14.3. The highest BCUT2D eigenvalue weighted by molar-refractivity contribution is 6.02. The molecule has 0 aromatic heterocycles. The van der Waals surface area contributed by atoms with Crippen molar-refractivity contribution in [2.75, 3.05) is 6.61 Å². The Hall–Kier alpha value is -3.28. The molecule has 0 heterocycles. The van der Waals surface area contributed by atoms with Crippen molar-refractivity contribution >= 4 is 5.97 Å². The number of aromatic carboxylic acids is 1. The Morgan fingerprint density at radius 3 is 2.13 bits per heavy atom. The Balaban J connectivity index is 2.12. The van der Waals surface area contributed by atoms with Crippen LogP contribution < -0.4 is 9.84 Å². The maximum atomic E-state index is 12.5. The van der Waals surface area contributed by atoms with Gasteiger partial charge in [-0.25, -0.2) is 0 Å². The number of benzene rings is 3. The number of carboxylic acids is 1. The molecule has 0 saturated heterocycles. The quantitative estimate of drug-likeness (QED) is 0.487. The number of carbonyl (C=O) groups excluding carboxylic acids is 1. The van der Waals surface area contributed by atoms with Crippen molar-refractivity contribution in [1.82, 2.24) is 0 Å². The minimum absolute atomic E-state index is 0.0144. The van der Waals surface area contributed by atoms with Crippen molar-refractivity contribution in [3.05, 3.63) is 77.9 Å². The summed E-state index contributed by atoms with van der Waals surface area (Å²) in [6.45, 7) is 1.78. The third kappa shape index (κ3) is 5.20. The van der Waals surface area contributed by atoms with Crippen LogP contribution in [0.4, 0.5) is 13.2 Å². The van der Waals surface area contributed by atoms with E-state index in [9.17, 15) is 23.1 Å². The average Bonchev–Trinajstić information content (AvgIpc) is 2.71. The maximum absolute atomic E-state index is 12.5. The predicted molar refractivity (Wildman–Crippen MR) is 107 cm³/mol. The molecule has 0 atom stereocenters. The first-order valence-corrected chi connectivity index (χ1v) is 9.46. The fourth-order valence-electron chi connectivity index (χ4n) is 3.24. The van der Waals surface area contributed by atoms with E-state index < -0.39 is 18.6 Å². The molecule has 0 fully saturated rings. The molecule has 0 aliphatic rings. The number of aryl methyl sites for hydroxylation is 1. The van der Waals surface area contributed by atoms with E-state index in [4.69, 9.17) is 4.74 Å². The summed E-state index contributed by atoms with van der Waals surface area (Å²) < 4.78 is 43.1. The zero-order valence-electron chi connectivity index (χ0n) is 16.3. The van der Waals surface area contributed by atoms with E-state index in [1.54, 1.807) is 24.3 Å². The highest BCUT2D eigenvalue weighted by atomic mass is 19.4. The normalized spacial score (nSPS) is 11.3. The van der Waals surface area contributed by atoms with Crippen LogP contribution in [0, 0.1) is 6.92 Å². The van der Waals surface area contributed by atoms with E-state index in [-0.39, 0.29) is 18.6 Å². The number of carbonyl (C=O) groups is 1. The molecule has 156 valence electrons. The van der Waals surface area contributed by atoms with Gasteiger partial charge in [-0.1, -0.05) is 60.2 Å². The molecule has 0 radical (unpaired) electrons. The molecule has 0 aliphatic heterocycles. The van der Waals surface area contributed by atoms with Crippen LogP contribution in [0.5, 0.6) is 5.75 Å². The van der Waals surface area contributed by atoms with Gasteiger partial charge in [-0.05, 0) is 36.6 Å². The zero-order chi connectivity index (χ0) is 21.7. The third-order valence-corrected chi connectivity index (χ3v) is 4.65. The second-order valence-electron chi connectivity index (χ2n) is 6.95. The minimum atomic E-state index is -4.25. The summed E-state index contributed by atoms with van der Waals surface area (Å²) in [5.74, 6) is -1.02. The predicted octanol–water partition coefficient (Wildman–Crippen LogP) is 5.41. The summed E-state index contributed by atoms with van der Waals surface area (Å²) in [7, 11) is 0. The van der Waals surface area contributed by atoms with Gasteiger partial charge in [-0.3, -0.25) is 0 Å². The molecule has 0 unspecified atom stereocenters. The summed E-state index contributed by atoms with van der Waals surface area (Å²) >= 11 is 0. The van der Waals surface area contributed by atoms with Crippen LogP contribution >= 0.6 is 0 Å². The van der Waals surface area contributed by atoms with Crippen LogP contribution in [0.2, 0.25) is 0 Å². The Bertz CT molecular complexity index is 1010. The van der Waals surface area contributed by atoms with Crippen LogP contribution in [0.3, 0.4) is 0 Å². The molecule has 0 N–H and O–H groups in total. The van der Waals surface area contributed by atoms with Crippen LogP contribution in [-0.4, -0.2) is 18.8 Å². The fourth-order valence-corrected chi connectivity index (χ4v) is 3.24. The molecule has 0 amide bonds. The lowest BCUT2D eigenvalue weighted by Crippen LogP contribution is -2.23. The van der Waals surface area contributed by atoms with Gasteiger partial charge in [0.25, 0.3) is 0 Å². The Kier molecular flexibility index (Phi) is 6.45. The molecule has 3 aromatic carbocycles. The Morgan fingerprint density at radius 1 is 0.900 bits per heavy atom. The first kappa shape index (κ1) is 21.4. The van der Waals surface area contributed by atoms with Gasteiger partial charge in [0.05, 0.1) is 12.6 Å². The standard InChI is InChI=1S/C24H21F3O3/c1-16-8-10-18(11-9-16)22-20(30-15-5-14-24(25,26)27)13-12-19(23(28)29)21(22)17-6-3-2-4-7-17/h2-4,6-13H,5,14-15H2,1H3,(H,28,29)/p-1. The summed E-state index contributed by atoms with van der Waals surface area (Å²) in [4.78, 5) is 11.8. The molecular weight excluding hydrogens is 393 g/mol. The van der Waals surface area contributed by atoms with E-state index in [0.29, 0.717) is 28.0 Å². The number of hydrogen-bond donors (Lipinski definition) is 0. The van der Waals surface area contributed by atoms with Crippen molar-refractivity contribution in [1.29, 1.82) is 0 Å². The summed E-state index contributed by atoms with van der Waals surface area (Å²) in [6, 6.07) is 19.2. The molecule has 3 nitrogen and oxygen atoms in total. The number of rotatable bonds is 7. The molecule has 30 heavy (non-hydrogen) atoms. The number of carboxylic acid groups (broad SMARTS) is 1. The molecule has 6 heteroatoms. The Labute approximate surface area is 172 Å². The maximum Gasteiger partial charge on any atom is 0.389 e. The second kappa shape index (κ2) is 9.03. The van der Waals surface area contributed by atoms with E-state index in [2.05, 4.69) is 0 Å². The molecule has 0 bridgehead atoms. The number of ether oxygens (including phenoxy) is 1. The van der Waals surface area contributed by atoms with Crippen molar-refractivity contribution in [3.63, 3.8) is 0 Å². The first-order valence-electron chi connectivity index (χ1n) is 9.46. The molecule has 0 saturated carbocycles. The van der Waals surface area contributed by atoms with Gasteiger partial charge in [0, 0.05) is 23.1 Å². The molecule has 3 aromatic rings. The lowest BCUT2D eigenvalue weighted by atomic mass is 9.89. The van der Waals surface area contributed by atoms with Gasteiger partial charge >= 0.3 is 6.18 Å². The highest BCUT2D eigenvalue weighted by Gasteiger charge is 2.26. The van der Waals surface area contributed by atoms with E-state index in [1.807, 2.05) is 37.3 Å². The second-order valence-corrected chi connectivity index (χ2v) is 6.95. The minimum Gasteiger partial charge on any atom is -0.545 e. The third-order valence-electron chi connectivity index (χ3n) is 4.65. The van der Waals surface area contributed by atoms with Gasteiger partial charge in [-0.2, -0.15) is 13.2 Å². The van der Waals surface area contributed by atoms with Gasteiger partial charge < -0.3 is 14.6 Å². The fraction of sp³-hybridized carbons (Fsp3) is 0.208. The van der Waals surface area contributed by atoms with Gasteiger partial charge in [0.1, 0.15) is 5.75 Å². The van der Waals surface area contributed by atoms with E-state index >= 15 is 0 Å². The van der Waals surface area contributed by atoms with Crippen molar-refractivity contribution in [3.8, 4) is 28.0 Å². The molecular formula is C24H20F3O3-. The van der Waals surface area contributed by atoms with Crippen molar-refractivity contribution < 1.29 is 27.8 Å². The van der Waals surface area contributed by atoms with Gasteiger partial charge in [0.15, 0.2) is 0 Å². The van der Waals surface area contributed by atoms with Crippen LogP contribution in [-0.2, 0) is 0 Å². The Morgan fingerprint density at radius 2 is 1.53 bits per heavy atom. The SMILES string of the molecule is Cc1ccc(-c2c(OCCCC(F)(F)F)ccc(C(=O)[O-])c2-c2ccccc2)cc1.